The minimum atomic E-state index is -0.133. The molecule has 3 heterocycles. The van der Waals surface area contributed by atoms with Crippen molar-refractivity contribution in [2.24, 2.45) is 4.99 Å². The number of halogens is 2. The lowest BCUT2D eigenvalue weighted by atomic mass is 10.2. The van der Waals surface area contributed by atoms with Gasteiger partial charge in [0.25, 0.3) is 5.91 Å². The van der Waals surface area contributed by atoms with Gasteiger partial charge in [0.2, 0.25) is 5.13 Å². The van der Waals surface area contributed by atoms with Gasteiger partial charge in [-0.3, -0.25) is 9.69 Å². The summed E-state index contributed by atoms with van der Waals surface area (Å²) in [5.41, 5.74) is 0.620. The summed E-state index contributed by atoms with van der Waals surface area (Å²) < 4.78 is 5.88. The molecule has 0 radical (unpaired) electrons. The fourth-order valence-electron chi connectivity index (χ4n) is 2.71. The lowest BCUT2D eigenvalue weighted by molar-refractivity contribution is -0.122. The number of carbonyl (C=O) groups is 1. The van der Waals surface area contributed by atoms with Crippen molar-refractivity contribution in [3.63, 3.8) is 0 Å². The first-order valence-electron chi connectivity index (χ1n) is 8.60. The summed E-state index contributed by atoms with van der Waals surface area (Å²) in [4.78, 5) is 19.4. The highest BCUT2D eigenvalue weighted by atomic mass is 35.5. The van der Waals surface area contributed by atoms with Crippen LogP contribution < -0.4 is 0 Å². The molecule has 0 bridgehead atoms. The number of aliphatic imine (C=N–C) groups is 1. The Balaban J connectivity index is 1.64. The number of furan rings is 1. The molecule has 0 spiro atoms. The van der Waals surface area contributed by atoms with Crippen LogP contribution in [0.4, 0.5) is 5.13 Å². The molecule has 0 N–H and O–H groups in total. The monoisotopic (exact) mass is 464 g/mol. The predicted octanol–water partition coefficient (Wildman–Crippen LogP) is 6.04. The summed E-state index contributed by atoms with van der Waals surface area (Å²) in [6.45, 7) is 4.25. The zero-order valence-electron chi connectivity index (χ0n) is 15.3. The number of hydrogen-bond donors (Lipinski definition) is 0. The van der Waals surface area contributed by atoms with Crippen LogP contribution in [0.15, 0.2) is 44.6 Å². The molecule has 2 aromatic heterocycles. The average molecular weight is 465 g/mol. The van der Waals surface area contributed by atoms with E-state index in [1.165, 1.54) is 23.1 Å². The summed E-state index contributed by atoms with van der Waals surface area (Å²) in [6.07, 6.45) is 1.69. The van der Waals surface area contributed by atoms with Crippen molar-refractivity contribution in [3.05, 3.63) is 56.1 Å². The Labute approximate surface area is 185 Å². The number of rotatable bonds is 4. The van der Waals surface area contributed by atoms with E-state index in [1.54, 1.807) is 41.3 Å². The van der Waals surface area contributed by atoms with Gasteiger partial charge in [0.15, 0.2) is 5.17 Å². The predicted molar refractivity (Wildman–Crippen MR) is 119 cm³/mol. The minimum Gasteiger partial charge on any atom is -0.457 e. The molecule has 0 unspecified atom stereocenters. The van der Waals surface area contributed by atoms with Crippen LogP contribution in [-0.2, 0) is 4.79 Å². The Morgan fingerprint density at radius 1 is 1.21 bits per heavy atom. The van der Waals surface area contributed by atoms with Gasteiger partial charge in [-0.25, -0.2) is 0 Å². The maximum absolute atomic E-state index is 12.8. The van der Waals surface area contributed by atoms with Crippen molar-refractivity contribution < 1.29 is 9.21 Å². The molecule has 1 aliphatic rings. The van der Waals surface area contributed by atoms with Gasteiger partial charge in [-0.2, -0.15) is 4.99 Å². The van der Waals surface area contributed by atoms with Crippen LogP contribution >= 0.6 is 46.3 Å². The van der Waals surface area contributed by atoms with Crippen molar-refractivity contribution in [1.29, 1.82) is 0 Å². The van der Waals surface area contributed by atoms with Crippen molar-refractivity contribution in [3.8, 4) is 11.3 Å². The molecule has 1 amide bonds. The molecule has 1 aliphatic heterocycles. The van der Waals surface area contributed by atoms with E-state index < -0.39 is 0 Å². The van der Waals surface area contributed by atoms with Gasteiger partial charge in [-0.15, -0.1) is 10.2 Å². The van der Waals surface area contributed by atoms with E-state index in [4.69, 9.17) is 27.6 Å². The van der Waals surface area contributed by atoms with Gasteiger partial charge >= 0.3 is 0 Å². The van der Waals surface area contributed by atoms with Crippen LogP contribution in [-0.4, -0.2) is 32.7 Å². The lowest BCUT2D eigenvalue weighted by Gasteiger charge is -2.10. The molecule has 10 heteroatoms. The van der Waals surface area contributed by atoms with E-state index in [2.05, 4.69) is 15.2 Å². The highest BCUT2D eigenvalue weighted by Crippen LogP contribution is 2.38. The van der Waals surface area contributed by atoms with E-state index in [9.17, 15) is 4.79 Å². The first-order chi connectivity index (χ1) is 14.0. The number of aryl methyl sites for hydroxylation is 1. The van der Waals surface area contributed by atoms with E-state index in [0.717, 1.165) is 5.01 Å². The number of thioether (sulfide) groups is 1. The molecule has 1 saturated heterocycles. The summed E-state index contributed by atoms with van der Waals surface area (Å²) >= 11 is 15.2. The van der Waals surface area contributed by atoms with Gasteiger partial charge in [-0.1, -0.05) is 40.6 Å². The summed E-state index contributed by atoms with van der Waals surface area (Å²) in [6, 6.07) is 8.82. The highest BCUT2D eigenvalue weighted by Gasteiger charge is 2.33. The molecular formula is C19H14Cl2N4O2S2. The standard InChI is InChI=1S/C19H14Cl2N4O2S2/c1-3-25-17(26)15(29-19(25)22-18-24-23-10(2)28-18)9-11-7-8-14(27-11)16-12(20)5-4-6-13(16)21/h4-9H,3H2,1-2H3/b15-9+,22-19+. The van der Waals surface area contributed by atoms with Crippen LogP contribution in [0.1, 0.15) is 17.7 Å². The Morgan fingerprint density at radius 3 is 2.62 bits per heavy atom. The molecule has 0 saturated carbocycles. The van der Waals surface area contributed by atoms with Gasteiger partial charge in [0, 0.05) is 12.6 Å². The maximum atomic E-state index is 12.8. The van der Waals surface area contributed by atoms with Gasteiger partial charge in [-0.05, 0) is 49.9 Å². The zero-order chi connectivity index (χ0) is 20.5. The zero-order valence-corrected chi connectivity index (χ0v) is 18.5. The van der Waals surface area contributed by atoms with Crippen LogP contribution in [0.3, 0.4) is 0 Å². The first-order valence-corrected chi connectivity index (χ1v) is 11.0. The smallest absolute Gasteiger partial charge is 0.266 e. The Kier molecular flexibility index (Phi) is 5.78. The Hall–Kier alpha value is -2.13. The van der Waals surface area contributed by atoms with E-state index in [-0.39, 0.29) is 5.91 Å². The molecule has 6 nitrogen and oxygen atoms in total. The van der Waals surface area contributed by atoms with E-state index in [0.29, 0.717) is 48.9 Å². The number of amidine groups is 1. The number of hydrogen-bond acceptors (Lipinski definition) is 7. The third-order valence-corrected chi connectivity index (χ3v) is 6.39. The summed E-state index contributed by atoms with van der Waals surface area (Å²) in [5, 5.41) is 10.9. The number of benzene rings is 1. The quantitative estimate of drug-likeness (QED) is 0.440. The fourth-order valence-corrected chi connectivity index (χ4v) is 4.94. The largest absolute Gasteiger partial charge is 0.457 e. The second-order valence-corrected chi connectivity index (χ2v) is 8.94. The Morgan fingerprint density at radius 2 is 1.97 bits per heavy atom. The lowest BCUT2D eigenvalue weighted by Crippen LogP contribution is -2.28. The molecule has 0 aliphatic carbocycles. The third-order valence-electron chi connectivity index (χ3n) is 4.02. The van der Waals surface area contributed by atoms with Crippen molar-refractivity contribution in [2.45, 2.75) is 13.8 Å². The van der Waals surface area contributed by atoms with Crippen LogP contribution in [0.2, 0.25) is 10.0 Å². The SMILES string of the molecule is CCN1C(=O)/C(=C\c2ccc(-c3c(Cl)cccc3Cl)o2)S/C1=N/c1nnc(C)s1. The highest BCUT2D eigenvalue weighted by molar-refractivity contribution is 8.18. The van der Waals surface area contributed by atoms with Crippen LogP contribution in [0.25, 0.3) is 17.4 Å². The molecule has 4 rings (SSSR count). The number of aromatic nitrogens is 2. The first kappa shape index (κ1) is 20.2. The molecular weight excluding hydrogens is 451 g/mol. The second kappa shape index (κ2) is 8.31. The van der Waals surface area contributed by atoms with Crippen molar-refractivity contribution >= 4 is 68.6 Å². The molecule has 1 aromatic carbocycles. The van der Waals surface area contributed by atoms with E-state index >= 15 is 0 Å². The topological polar surface area (TPSA) is 71.6 Å². The van der Waals surface area contributed by atoms with Gasteiger partial charge in [0.1, 0.15) is 16.5 Å². The molecule has 3 aromatic rings. The summed E-state index contributed by atoms with van der Waals surface area (Å²) in [7, 11) is 0. The number of carbonyl (C=O) groups excluding carboxylic acids is 1. The van der Waals surface area contributed by atoms with Gasteiger partial charge < -0.3 is 4.42 Å². The summed E-state index contributed by atoms with van der Waals surface area (Å²) in [5.74, 6) is 0.926. The van der Waals surface area contributed by atoms with Crippen molar-refractivity contribution in [1.82, 2.24) is 15.1 Å². The number of amides is 1. The number of likely N-dealkylation sites (N-methyl/N-ethyl adjacent to an activating group) is 1. The maximum Gasteiger partial charge on any atom is 0.266 e. The fraction of sp³-hybridized carbons (Fsp3) is 0.158. The number of nitrogens with zero attached hydrogens (tertiary/aromatic N) is 4. The normalized spacial score (nSPS) is 17.1. The van der Waals surface area contributed by atoms with Crippen LogP contribution in [0.5, 0.6) is 0 Å². The third kappa shape index (κ3) is 4.11. The van der Waals surface area contributed by atoms with E-state index in [1.807, 2.05) is 13.8 Å². The molecule has 29 heavy (non-hydrogen) atoms. The van der Waals surface area contributed by atoms with Gasteiger partial charge in [0.05, 0.1) is 20.5 Å². The van der Waals surface area contributed by atoms with Crippen LogP contribution in [0, 0.1) is 6.92 Å². The second-order valence-electron chi connectivity index (χ2n) is 5.96. The Bertz CT molecular complexity index is 1130. The minimum absolute atomic E-state index is 0.133. The average Bonchev–Trinajstić information content (AvgIpc) is 3.37. The molecule has 1 fully saturated rings. The molecule has 0 atom stereocenters. The molecule has 148 valence electrons. The van der Waals surface area contributed by atoms with Crippen molar-refractivity contribution in [2.75, 3.05) is 6.54 Å².